The van der Waals surface area contributed by atoms with Gasteiger partial charge in [0.2, 0.25) is 0 Å². The van der Waals surface area contributed by atoms with Crippen LogP contribution < -0.4 is 0 Å². The Morgan fingerprint density at radius 1 is 1.07 bits per heavy atom. The molecule has 1 aliphatic rings. The topological polar surface area (TPSA) is 0 Å². The van der Waals surface area contributed by atoms with Crippen LogP contribution in [0.3, 0.4) is 0 Å². The van der Waals surface area contributed by atoms with Gasteiger partial charge in [0.15, 0.2) is 0 Å². The van der Waals surface area contributed by atoms with Gasteiger partial charge in [-0.2, -0.15) is 0 Å². The van der Waals surface area contributed by atoms with Gasteiger partial charge in [-0.3, -0.25) is 0 Å². The lowest BCUT2D eigenvalue weighted by Gasteiger charge is -1.85. The average Bonchev–Trinajstić information content (AvgIpc) is 2.80. The molecule has 0 radical (unpaired) electrons. The van der Waals surface area contributed by atoms with Gasteiger partial charge in [0.25, 0.3) is 0 Å². The van der Waals surface area contributed by atoms with E-state index in [9.17, 15) is 0 Å². The van der Waals surface area contributed by atoms with Crippen molar-refractivity contribution in [2.75, 3.05) is 0 Å². The first-order valence-electron chi connectivity index (χ1n) is 4.51. The summed E-state index contributed by atoms with van der Waals surface area (Å²) < 4.78 is 6.02. The first-order valence-corrected chi connectivity index (χ1v) is 7.02. The third kappa shape index (κ3) is 0.787. The molecule has 0 N–H and O–H groups in total. The van der Waals surface area contributed by atoms with Crippen LogP contribution in [0.15, 0.2) is 17.5 Å². The highest BCUT2D eigenvalue weighted by molar-refractivity contribution is 7.38. The zero-order valence-electron chi connectivity index (χ0n) is 7.24. The summed E-state index contributed by atoms with van der Waals surface area (Å²) in [6.07, 6.45) is 5.68. The van der Waals surface area contributed by atoms with Crippen molar-refractivity contribution in [1.29, 1.82) is 0 Å². The largest absolute Gasteiger partial charge is 0.141 e. The first kappa shape index (κ1) is 7.63. The first-order chi connectivity index (χ1) is 6.93. The fourth-order valence-corrected chi connectivity index (χ4v) is 5.96. The van der Waals surface area contributed by atoms with Gasteiger partial charge in [-0.25, -0.2) is 0 Å². The van der Waals surface area contributed by atoms with E-state index in [1.54, 1.807) is 5.56 Å². The Balaban J connectivity index is 2.30. The SMILES string of the molecule is C1=Cc2sc3c(sc4ccsc43)c2C1. The molecule has 3 aromatic heterocycles. The summed E-state index contributed by atoms with van der Waals surface area (Å²) in [5.41, 5.74) is 1.57. The van der Waals surface area contributed by atoms with Gasteiger partial charge in [0, 0.05) is 9.58 Å². The van der Waals surface area contributed by atoms with E-state index >= 15 is 0 Å². The van der Waals surface area contributed by atoms with Crippen molar-refractivity contribution in [1.82, 2.24) is 0 Å². The molecule has 0 aliphatic heterocycles. The summed E-state index contributed by atoms with van der Waals surface area (Å²) in [6, 6.07) is 2.24. The van der Waals surface area contributed by atoms with E-state index in [0.717, 1.165) is 6.42 Å². The van der Waals surface area contributed by atoms with Gasteiger partial charge in [-0.05, 0) is 29.5 Å². The smallest absolute Gasteiger partial charge is 0.0638 e. The Morgan fingerprint density at radius 3 is 3.07 bits per heavy atom. The van der Waals surface area contributed by atoms with Crippen LogP contribution in [0.25, 0.3) is 24.9 Å². The van der Waals surface area contributed by atoms with Crippen LogP contribution in [0, 0.1) is 0 Å². The minimum Gasteiger partial charge on any atom is -0.141 e. The Morgan fingerprint density at radius 2 is 2.07 bits per heavy atom. The summed E-state index contributed by atoms with van der Waals surface area (Å²) >= 11 is 5.80. The zero-order chi connectivity index (χ0) is 9.12. The van der Waals surface area contributed by atoms with Gasteiger partial charge in [-0.15, -0.1) is 34.0 Å². The Labute approximate surface area is 93.1 Å². The highest BCUT2D eigenvalue weighted by Gasteiger charge is 2.17. The Hall–Kier alpha value is -0.640. The lowest BCUT2D eigenvalue weighted by atomic mass is 10.2. The van der Waals surface area contributed by atoms with E-state index in [4.69, 9.17) is 0 Å². The molecule has 0 fully saturated rings. The second kappa shape index (κ2) is 2.48. The van der Waals surface area contributed by atoms with Crippen molar-refractivity contribution in [2.45, 2.75) is 6.42 Å². The molecule has 3 aromatic rings. The predicted octanol–water partition coefficient (Wildman–Crippen LogP) is 4.75. The maximum atomic E-state index is 2.27. The van der Waals surface area contributed by atoms with E-state index in [1.807, 2.05) is 34.0 Å². The third-order valence-electron chi connectivity index (χ3n) is 2.63. The normalized spacial score (nSPS) is 14.6. The van der Waals surface area contributed by atoms with Crippen LogP contribution in [0.4, 0.5) is 0 Å². The number of hydrogen-bond donors (Lipinski definition) is 0. The lowest BCUT2D eigenvalue weighted by Crippen LogP contribution is -1.69. The van der Waals surface area contributed by atoms with Gasteiger partial charge in [0.05, 0.1) is 14.1 Å². The molecule has 4 rings (SSSR count). The van der Waals surface area contributed by atoms with Gasteiger partial charge >= 0.3 is 0 Å². The molecule has 3 heterocycles. The highest BCUT2D eigenvalue weighted by atomic mass is 32.1. The van der Waals surface area contributed by atoms with Crippen LogP contribution in [-0.4, -0.2) is 0 Å². The number of fused-ring (bicyclic) bond motifs is 5. The molecule has 14 heavy (non-hydrogen) atoms. The molecule has 0 saturated carbocycles. The molecule has 0 atom stereocenters. The van der Waals surface area contributed by atoms with E-state index in [1.165, 1.54) is 23.7 Å². The van der Waals surface area contributed by atoms with Crippen LogP contribution >= 0.6 is 34.0 Å². The van der Waals surface area contributed by atoms with Crippen molar-refractivity contribution in [3.8, 4) is 0 Å². The predicted molar refractivity (Wildman–Crippen MR) is 67.8 cm³/mol. The molecule has 0 unspecified atom stereocenters. The molecule has 0 aromatic carbocycles. The minimum absolute atomic E-state index is 1.14. The summed E-state index contributed by atoms with van der Waals surface area (Å²) in [7, 11) is 0. The standard InChI is InChI=1S/C11H6S3/c1-2-6-7(3-1)13-11-9(6)14-8-4-5-12-10(8)11/h1,3-5H,2H2. The molecule has 0 bridgehead atoms. The lowest BCUT2D eigenvalue weighted by molar-refractivity contribution is 1.38. The minimum atomic E-state index is 1.14. The van der Waals surface area contributed by atoms with Crippen LogP contribution in [0.5, 0.6) is 0 Å². The van der Waals surface area contributed by atoms with E-state index in [-0.39, 0.29) is 0 Å². The quantitative estimate of drug-likeness (QED) is 0.526. The molecule has 0 nitrogen and oxygen atoms in total. The summed E-state index contributed by atoms with van der Waals surface area (Å²) in [5.74, 6) is 0. The summed E-state index contributed by atoms with van der Waals surface area (Å²) in [4.78, 5) is 1.49. The molecular formula is C11H6S3. The van der Waals surface area contributed by atoms with Crippen molar-refractivity contribution in [3.63, 3.8) is 0 Å². The second-order valence-corrected chi connectivity index (χ2v) is 6.45. The zero-order valence-corrected chi connectivity index (χ0v) is 9.69. The molecule has 0 amide bonds. The summed E-state index contributed by atoms with van der Waals surface area (Å²) in [6.45, 7) is 0. The second-order valence-electron chi connectivity index (χ2n) is 3.43. The average molecular weight is 234 g/mol. The molecule has 68 valence electrons. The van der Waals surface area contributed by atoms with E-state index in [2.05, 4.69) is 23.6 Å². The fraction of sp³-hybridized carbons (Fsp3) is 0.0909. The molecular weight excluding hydrogens is 228 g/mol. The van der Waals surface area contributed by atoms with Crippen molar-refractivity contribution < 1.29 is 0 Å². The van der Waals surface area contributed by atoms with Crippen LogP contribution in [0.1, 0.15) is 10.4 Å². The maximum absolute atomic E-state index is 2.27. The van der Waals surface area contributed by atoms with E-state index < -0.39 is 0 Å². The number of allylic oxidation sites excluding steroid dienone is 1. The summed E-state index contributed by atoms with van der Waals surface area (Å²) in [5, 5.41) is 2.20. The molecule has 0 spiro atoms. The Kier molecular flexibility index (Phi) is 1.35. The van der Waals surface area contributed by atoms with Crippen LogP contribution in [0.2, 0.25) is 0 Å². The maximum Gasteiger partial charge on any atom is 0.0638 e. The highest BCUT2D eigenvalue weighted by Crippen LogP contribution is 2.46. The third-order valence-corrected chi connectivity index (χ3v) is 6.38. The van der Waals surface area contributed by atoms with Gasteiger partial charge < -0.3 is 0 Å². The number of rotatable bonds is 0. The van der Waals surface area contributed by atoms with Crippen molar-refractivity contribution >= 4 is 58.9 Å². The Bertz CT molecular complexity index is 663. The molecule has 3 heteroatoms. The van der Waals surface area contributed by atoms with Crippen LogP contribution in [-0.2, 0) is 6.42 Å². The van der Waals surface area contributed by atoms with Gasteiger partial charge in [-0.1, -0.05) is 6.08 Å². The number of hydrogen-bond acceptors (Lipinski definition) is 3. The molecule has 0 saturated heterocycles. The number of thiophene rings is 3. The van der Waals surface area contributed by atoms with E-state index in [0.29, 0.717) is 0 Å². The molecule has 1 aliphatic carbocycles. The fourth-order valence-electron chi connectivity index (χ4n) is 1.99. The van der Waals surface area contributed by atoms with Gasteiger partial charge in [0.1, 0.15) is 0 Å². The van der Waals surface area contributed by atoms with Crippen molar-refractivity contribution in [2.24, 2.45) is 0 Å². The van der Waals surface area contributed by atoms with Crippen molar-refractivity contribution in [3.05, 3.63) is 28.0 Å². The monoisotopic (exact) mass is 234 g/mol.